The predicted octanol–water partition coefficient (Wildman–Crippen LogP) is 2.68. The molecule has 0 radical (unpaired) electrons. The van der Waals surface area contributed by atoms with E-state index in [1.165, 1.54) is 0 Å². The first-order chi connectivity index (χ1) is 16.3. The van der Waals surface area contributed by atoms with Crippen LogP contribution in [-0.4, -0.2) is 61.2 Å². The van der Waals surface area contributed by atoms with Crippen LogP contribution in [0.2, 0.25) is 0 Å². The lowest BCUT2D eigenvalue weighted by Gasteiger charge is -2.35. The van der Waals surface area contributed by atoms with Crippen LogP contribution in [0, 0.1) is 0 Å². The van der Waals surface area contributed by atoms with Gasteiger partial charge in [-0.15, -0.1) is 5.10 Å². The van der Waals surface area contributed by atoms with Gasteiger partial charge in [-0.25, -0.2) is 9.67 Å². The average Bonchev–Trinajstić information content (AvgIpc) is 3.51. The summed E-state index contributed by atoms with van der Waals surface area (Å²) in [6, 6.07) is 15.4. The molecule has 1 amide bonds. The molecule has 0 aliphatic carbocycles. The minimum absolute atomic E-state index is 0.0135. The molecule has 4 aromatic rings. The number of hydrogen-bond acceptors (Lipinski definition) is 6. The normalized spacial score (nSPS) is 18.5. The number of hydrogen-bond donors (Lipinski definition) is 0. The van der Waals surface area contributed by atoms with Crippen molar-refractivity contribution < 1.29 is 14.3 Å². The minimum Gasteiger partial charge on any atom is -0.485 e. The van der Waals surface area contributed by atoms with E-state index in [2.05, 4.69) is 19.9 Å². The zero-order valence-corrected chi connectivity index (χ0v) is 18.1. The van der Waals surface area contributed by atoms with Crippen molar-refractivity contribution in [2.24, 2.45) is 0 Å². The topological polar surface area (TPSA) is 87.3 Å². The lowest BCUT2D eigenvalue weighted by atomic mass is 9.95. The Labute approximate surface area is 190 Å². The Hall–Kier alpha value is -3.88. The van der Waals surface area contributed by atoms with Gasteiger partial charge in [0.15, 0.2) is 11.5 Å². The highest BCUT2D eigenvalue weighted by Crippen LogP contribution is 2.32. The maximum atomic E-state index is 13.0. The number of imidazole rings is 1. The third-order valence-electron chi connectivity index (χ3n) is 6.41. The molecule has 1 saturated heterocycles. The van der Waals surface area contributed by atoms with Gasteiger partial charge in [-0.1, -0.05) is 29.5 Å². The molecular formula is C24H24N6O3. The largest absolute Gasteiger partial charge is 0.485 e. The fourth-order valence-corrected chi connectivity index (χ4v) is 4.67. The number of piperidine rings is 1. The highest BCUT2D eigenvalue weighted by molar-refractivity contribution is 5.82. The molecule has 1 unspecified atom stereocenters. The summed E-state index contributed by atoms with van der Waals surface area (Å²) in [5, 5.41) is 8.54. The van der Waals surface area contributed by atoms with E-state index in [9.17, 15) is 4.79 Å². The van der Waals surface area contributed by atoms with E-state index in [1.807, 2.05) is 70.5 Å². The van der Waals surface area contributed by atoms with Crippen molar-refractivity contribution in [1.82, 2.24) is 29.4 Å². The Morgan fingerprint density at radius 1 is 1.03 bits per heavy atom. The molecule has 0 N–H and O–H groups in total. The Bertz CT molecular complexity index is 1290. The number of benzene rings is 2. The highest BCUT2D eigenvalue weighted by atomic mass is 16.6. The van der Waals surface area contributed by atoms with Crippen molar-refractivity contribution in [3.8, 4) is 11.5 Å². The fraction of sp³-hybridized carbons (Fsp3) is 0.333. The van der Waals surface area contributed by atoms with Crippen molar-refractivity contribution in [3.63, 3.8) is 0 Å². The molecule has 6 rings (SSSR count). The zero-order chi connectivity index (χ0) is 22.2. The third kappa shape index (κ3) is 3.69. The van der Waals surface area contributed by atoms with E-state index in [-0.39, 0.29) is 18.4 Å². The molecule has 168 valence electrons. The van der Waals surface area contributed by atoms with E-state index in [1.54, 1.807) is 0 Å². The standard InChI is InChI=1S/C24H24N6O3/c31-24(22-15-32-20-7-3-4-8-21(20)33-22)28-12-9-17(10-13-28)23-25-11-14-29(23)16-30-19-6-2-1-5-18(19)26-27-30/h1-8,11,14,17,22H,9-10,12-13,15-16H2. The van der Waals surface area contributed by atoms with Crippen molar-refractivity contribution in [3.05, 3.63) is 66.7 Å². The van der Waals surface area contributed by atoms with Crippen LogP contribution < -0.4 is 9.47 Å². The summed E-state index contributed by atoms with van der Waals surface area (Å²) in [4.78, 5) is 19.6. The van der Waals surface area contributed by atoms with Gasteiger partial charge in [-0.2, -0.15) is 0 Å². The molecule has 4 heterocycles. The Morgan fingerprint density at radius 2 is 1.82 bits per heavy atom. The summed E-state index contributed by atoms with van der Waals surface area (Å²) in [5.74, 6) is 2.60. The Kier molecular flexibility index (Phi) is 4.93. The zero-order valence-electron chi connectivity index (χ0n) is 18.1. The second kappa shape index (κ2) is 8.23. The maximum absolute atomic E-state index is 13.0. The molecule has 0 bridgehead atoms. The van der Waals surface area contributed by atoms with Gasteiger partial charge in [0.2, 0.25) is 6.10 Å². The quantitative estimate of drug-likeness (QED) is 0.481. The number of para-hydroxylation sites is 3. The lowest BCUT2D eigenvalue weighted by molar-refractivity contribution is -0.142. The molecule has 9 nitrogen and oxygen atoms in total. The van der Waals surface area contributed by atoms with Crippen molar-refractivity contribution in [2.75, 3.05) is 19.7 Å². The number of likely N-dealkylation sites (tertiary alicyclic amines) is 1. The van der Waals surface area contributed by atoms with Gasteiger partial charge >= 0.3 is 0 Å². The number of ether oxygens (including phenoxy) is 2. The number of carbonyl (C=O) groups is 1. The van der Waals surface area contributed by atoms with E-state index in [4.69, 9.17) is 9.47 Å². The lowest BCUT2D eigenvalue weighted by Crippen LogP contribution is -2.49. The number of nitrogens with zero attached hydrogens (tertiary/aromatic N) is 6. The summed E-state index contributed by atoms with van der Waals surface area (Å²) in [7, 11) is 0. The van der Waals surface area contributed by atoms with Crippen LogP contribution in [0.25, 0.3) is 11.0 Å². The summed E-state index contributed by atoms with van der Waals surface area (Å²) in [6.45, 7) is 2.14. The fourth-order valence-electron chi connectivity index (χ4n) is 4.67. The molecule has 1 atom stereocenters. The van der Waals surface area contributed by atoms with Crippen molar-refractivity contribution >= 4 is 16.9 Å². The van der Waals surface area contributed by atoms with Crippen LogP contribution in [0.1, 0.15) is 24.6 Å². The molecule has 0 saturated carbocycles. The van der Waals surface area contributed by atoms with E-state index in [0.29, 0.717) is 31.3 Å². The van der Waals surface area contributed by atoms with Gasteiger partial charge in [0.1, 0.15) is 24.6 Å². The summed E-state index contributed by atoms with van der Waals surface area (Å²) < 4.78 is 15.6. The van der Waals surface area contributed by atoms with Crippen LogP contribution in [0.15, 0.2) is 60.9 Å². The van der Waals surface area contributed by atoms with Crippen LogP contribution >= 0.6 is 0 Å². The van der Waals surface area contributed by atoms with Crippen LogP contribution in [0.3, 0.4) is 0 Å². The van der Waals surface area contributed by atoms with Gasteiger partial charge in [0.05, 0.1) is 5.52 Å². The first kappa shape index (κ1) is 19.8. The molecule has 9 heteroatoms. The molecule has 1 fully saturated rings. The van der Waals surface area contributed by atoms with Crippen molar-refractivity contribution in [2.45, 2.75) is 31.5 Å². The first-order valence-electron chi connectivity index (χ1n) is 11.2. The molecule has 2 aliphatic heterocycles. The van der Waals surface area contributed by atoms with Crippen LogP contribution in [0.4, 0.5) is 0 Å². The molecule has 2 aromatic carbocycles. The van der Waals surface area contributed by atoms with Gasteiger partial charge < -0.3 is 18.9 Å². The second-order valence-corrected chi connectivity index (χ2v) is 8.44. The van der Waals surface area contributed by atoms with Gasteiger partial charge in [-0.3, -0.25) is 4.79 Å². The second-order valence-electron chi connectivity index (χ2n) is 8.44. The Balaban J connectivity index is 1.11. The number of carbonyl (C=O) groups excluding carboxylic acids is 1. The number of aromatic nitrogens is 5. The van der Waals surface area contributed by atoms with E-state index in [0.717, 1.165) is 29.7 Å². The molecule has 33 heavy (non-hydrogen) atoms. The third-order valence-corrected chi connectivity index (χ3v) is 6.41. The predicted molar refractivity (Wildman–Crippen MR) is 120 cm³/mol. The number of amides is 1. The number of fused-ring (bicyclic) bond motifs is 2. The van der Waals surface area contributed by atoms with Crippen molar-refractivity contribution in [1.29, 1.82) is 0 Å². The number of rotatable bonds is 4. The monoisotopic (exact) mass is 444 g/mol. The Morgan fingerprint density at radius 3 is 2.70 bits per heavy atom. The average molecular weight is 444 g/mol. The minimum atomic E-state index is -0.598. The van der Waals surface area contributed by atoms with E-state index < -0.39 is 6.10 Å². The van der Waals surface area contributed by atoms with Gasteiger partial charge in [0, 0.05) is 31.4 Å². The highest BCUT2D eigenvalue weighted by Gasteiger charge is 2.34. The maximum Gasteiger partial charge on any atom is 0.267 e. The van der Waals surface area contributed by atoms with Gasteiger partial charge in [0.25, 0.3) is 5.91 Å². The molecular weight excluding hydrogens is 420 g/mol. The molecule has 0 spiro atoms. The van der Waals surface area contributed by atoms with Crippen LogP contribution in [-0.2, 0) is 11.5 Å². The summed E-state index contributed by atoms with van der Waals surface area (Å²) >= 11 is 0. The van der Waals surface area contributed by atoms with Gasteiger partial charge in [-0.05, 0) is 37.1 Å². The summed E-state index contributed by atoms with van der Waals surface area (Å²) in [6.07, 6.45) is 4.92. The molecule has 2 aromatic heterocycles. The smallest absolute Gasteiger partial charge is 0.267 e. The van der Waals surface area contributed by atoms with E-state index >= 15 is 0 Å². The first-order valence-corrected chi connectivity index (χ1v) is 11.2. The summed E-state index contributed by atoms with van der Waals surface area (Å²) in [5.41, 5.74) is 1.87. The van der Waals surface area contributed by atoms with Crippen LogP contribution in [0.5, 0.6) is 11.5 Å². The SMILES string of the molecule is O=C(C1COc2ccccc2O1)N1CCC(c2nccn2Cn2nnc3ccccc32)CC1. The molecule has 2 aliphatic rings.